The second-order valence-corrected chi connectivity index (χ2v) is 4.52. The van der Waals surface area contributed by atoms with E-state index in [1.807, 2.05) is 6.07 Å². The largest absolute Gasteiger partial charge is 0.387 e. The molecule has 22 heavy (non-hydrogen) atoms. The van der Waals surface area contributed by atoms with Gasteiger partial charge in [-0.2, -0.15) is 0 Å². The van der Waals surface area contributed by atoms with Crippen molar-refractivity contribution in [3.8, 4) is 0 Å². The number of nitro benzene ring substituents is 2. The standard InChI is InChI=1S/C14H13N3O5/c18-14(10-4-2-1-3-5-10)9-15-12-7-6-11(16(19)20)8-13(12)17(21)22/h1-8,14-15,18H,9H2/t14-/m0/s1. The SMILES string of the molecule is O=[N+]([O-])c1ccc(NC[C@H](O)c2ccccc2)c([N+](=O)[O-])c1. The molecule has 8 nitrogen and oxygen atoms in total. The number of nitrogens with one attached hydrogen (secondary N) is 1. The number of nitrogens with zero attached hydrogens (tertiary/aromatic N) is 2. The number of benzene rings is 2. The van der Waals surface area contributed by atoms with E-state index in [2.05, 4.69) is 5.32 Å². The molecule has 0 heterocycles. The van der Waals surface area contributed by atoms with E-state index in [1.165, 1.54) is 12.1 Å². The van der Waals surface area contributed by atoms with E-state index in [4.69, 9.17) is 0 Å². The van der Waals surface area contributed by atoms with Gasteiger partial charge < -0.3 is 10.4 Å². The van der Waals surface area contributed by atoms with Gasteiger partial charge in [-0.05, 0) is 11.6 Å². The van der Waals surface area contributed by atoms with Crippen LogP contribution in [0.2, 0.25) is 0 Å². The molecule has 8 heteroatoms. The lowest BCUT2D eigenvalue weighted by Crippen LogP contribution is -2.13. The fraction of sp³-hybridized carbons (Fsp3) is 0.143. The van der Waals surface area contributed by atoms with Crippen molar-refractivity contribution in [2.24, 2.45) is 0 Å². The van der Waals surface area contributed by atoms with Crippen LogP contribution >= 0.6 is 0 Å². The van der Waals surface area contributed by atoms with Crippen LogP contribution in [0.5, 0.6) is 0 Å². The van der Waals surface area contributed by atoms with Crippen LogP contribution in [0.3, 0.4) is 0 Å². The van der Waals surface area contributed by atoms with Crippen LogP contribution in [0, 0.1) is 20.2 Å². The molecular formula is C14H13N3O5. The molecule has 0 aliphatic heterocycles. The van der Waals surface area contributed by atoms with Crippen molar-refractivity contribution in [3.63, 3.8) is 0 Å². The Labute approximate surface area is 125 Å². The van der Waals surface area contributed by atoms with Gasteiger partial charge in [-0.25, -0.2) is 0 Å². The minimum Gasteiger partial charge on any atom is -0.387 e. The zero-order valence-electron chi connectivity index (χ0n) is 11.4. The van der Waals surface area contributed by atoms with Crippen molar-refractivity contribution in [2.45, 2.75) is 6.10 Å². The van der Waals surface area contributed by atoms with Crippen LogP contribution in [0.1, 0.15) is 11.7 Å². The number of rotatable bonds is 6. The van der Waals surface area contributed by atoms with Gasteiger partial charge in [0.25, 0.3) is 11.4 Å². The summed E-state index contributed by atoms with van der Waals surface area (Å²) in [6.07, 6.45) is -0.851. The predicted octanol–water partition coefficient (Wildman–Crippen LogP) is 2.65. The first-order valence-electron chi connectivity index (χ1n) is 6.38. The second-order valence-electron chi connectivity index (χ2n) is 4.52. The third-order valence-electron chi connectivity index (χ3n) is 3.06. The lowest BCUT2D eigenvalue weighted by Gasteiger charge is -2.13. The Morgan fingerprint density at radius 2 is 1.73 bits per heavy atom. The Kier molecular flexibility index (Phi) is 4.64. The van der Waals surface area contributed by atoms with Gasteiger partial charge in [0.1, 0.15) is 5.69 Å². The molecule has 0 spiro atoms. The molecule has 2 aromatic rings. The number of aliphatic hydroxyl groups is 1. The summed E-state index contributed by atoms with van der Waals surface area (Å²) in [6.45, 7) is 0.0443. The normalized spacial score (nSPS) is 11.7. The third kappa shape index (κ3) is 3.55. The van der Waals surface area contributed by atoms with E-state index < -0.39 is 21.6 Å². The molecule has 0 aliphatic rings. The van der Waals surface area contributed by atoms with Crippen molar-refractivity contribution in [3.05, 3.63) is 74.3 Å². The molecule has 2 aromatic carbocycles. The van der Waals surface area contributed by atoms with Gasteiger partial charge in [-0.1, -0.05) is 30.3 Å². The quantitative estimate of drug-likeness (QED) is 0.625. The van der Waals surface area contributed by atoms with Gasteiger partial charge in [0.2, 0.25) is 0 Å². The Bertz CT molecular complexity index is 690. The third-order valence-corrected chi connectivity index (χ3v) is 3.06. The van der Waals surface area contributed by atoms with E-state index in [-0.39, 0.29) is 17.9 Å². The monoisotopic (exact) mass is 303 g/mol. The van der Waals surface area contributed by atoms with E-state index in [0.717, 1.165) is 6.07 Å². The minimum absolute atomic E-state index is 0.0443. The first-order valence-corrected chi connectivity index (χ1v) is 6.38. The highest BCUT2D eigenvalue weighted by Crippen LogP contribution is 2.29. The summed E-state index contributed by atoms with van der Waals surface area (Å²) in [7, 11) is 0. The fourth-order valence-corrected chi connectivity index (χ4v) is 1.93. The second kappa shape index (κ2) is 6.64. The number of hydrogen-bond donors (Lipinski definition) is 2. The van der Waals surface area contributed by atoms with Gasteiger partial charge in [-0.3, -0.25) is 20.2 Å². The highest BCUT2D eigenvalue weighted by molar-refractivity contribution is 5.65. The topological polar surface area (TPSA) is 119 Å². The van der Waals surface area contributed by atoms with E-state index in [1.54, 1.807) is 24.3 Å². The van der Waals surface area contributed by atoms with Crippen LogP contribution < -0.4 is 5.32 Å². The van der Waals surface area contributed by atoms with Crippen molar-refractivity contribution >= 4 is 17.1 Å². The number of non-ortho nitro benzene ring substituents is 1. The van der Waals surface area contributed by atoms with Crippen LogP contribution in [0.4, 0.5) is 17.1 Å². The van der Waals surface area contributed by atoms with Gasteiger partial charge >= 0.3 is 0 Å². The van der Waals surface area contributed by atoms with Crippen molar-refractivity contribution < 1.29 is 15.0 Å². The van der Waals surface area contributed by atoms with E-state index >= 15 is 0 Å². The molecule has 0 aliphatic carbocycles. The van der Waals surface area contributed by atoms with Crippen LogP contribution in [-0.2, 0) is 0 Å². The molecule has 114 valence electrons. The first-order chi connectivity index (χ1) is 10.5. The Morgan fingerprint density at radius 3 is 2.32 bits per heavy atom. The zero-order valence-corrected chi connectivity index (χ0v) is 11.4. The van der Waals surface area contributed by atoms with Gasteiger partial charge in [0.05, 0.1) is 22.0 Å². The summed E-state index contributed by atoms with van der Waals surface area (Å²) in [5.74, 6) is 0. The van der Waals surface area contributed by atoms with Crippen molar-refractivity contribution in [2.75, 3.05) is 11.9 Å². The van der Waals surface area contributed by atoms with Crippen LogP contribution in [0.15, 0.2) is 48.5 Å². The molecular weight excluding hydrogens is 290 g/mol. The Morgan fingerprint density at radius 1 is 1.05 bits per heavy atom. The van der Waals surface area contributed by atoms with E-state index in [0.29, 0.717) is 5.56 Å². The van der Waals surface area contributed by atoms with Crippen LogP contribution in [-0.4, -0.2) is 21.5 Å². The van der Waals surface area contributed by atoms with E-state index in [9.17, 15) is 25.3 Å². The summed E-state index contributed by atoms with van der Waals surface area (Å²) in [6, 6.07) is 12.1. The number of aliphatic hydroxyl groups excluding tert-OH is 1. The molecule has 0 radical (unpaired) electrons. The molecule has 0 bridgehead atoms. The number of nitro groups is 2. The molecule has 2 N–H and O–H groups in total. The highest BCUT2D eigenvalue weighted by atomic mass is 16.6. The smallest absolute Gasteiger partial charge is 0.299 e. The van der Waals surface area contributed by atoms with Crippen molar-refractivity contribution in [1.82, 2.24) is 0 Å². The Hall–Kier alpha value is -3.00. The van der Waals surface area contributed by atoms with Crippen molar-refractivity contribution in [1.29, 1.82) is 0 Å². The van der Waals surface area contributed by atoms with Gasteiger partial charge in [0, 0.05) is 12.6 Å². The average molecular weight is 303 g/mol. The minimum atomic E-state index is -0.851. The molecule has 0 saturated heterocycles. The molecule has 0 amide bonds. The highest BCUT2D eigenvalue weighted by Gasteiger charge is 2.20. The Balaban J connectivity index is 2.15. The summed E-state index contributed by atoms with van der Waals surface area (Å²) < 4.78 is 0. The molecule has 0 aromatic heterocycles. The summed E-state index contributed by atoms with van der Waals surface area (Å²) >= 11 is 0. The summed E-state index contributed by atoms with van der Waals surface area (Å²) in [4.78, 5) is 20.2. The number of hydrogen-bond acceptors (Lipinski definition) is 6. The molecule has 1 atom stereocenters. The lowest BCUT2D eigenvalue weighted by atomic mass is 10.1. The molecule has 0 saturated carbocycles. The van der Waals surface area contributed by atoms with Gasteiger partial charge in [0.15, 0.2) is 0 Å². The molecule has 2 rings (SSSR count). The maximum absolute atomic E-state index is 11.0. The lowest BCUT2D eigenvalue weighted by molar-refractivity contribution is -0.393. The molecule has 0 unspecified atom stereocenters. The summed E-state index contributed by atoms with van der Waals surface area (Å²) in [5.41, 5.74) is 0.0143. The predicted molar refractivity (Wildman–Crippen MR) is 79.6 cm³/mol. The molecule has 0 fully saturated rings. The number of anilines is 1. The average Bonchev–Trinajstić information content (AvgIpc) is 2.53. The fourth-order valence-electron chi connectivity index (χ4n) is 1.93. The first kappa shape index (κ1) is 15.4. The van der Waals surface area contributed by atoms with Gasteiger partial charge in [-0.15, -0.1) is 0 Å². The van der Waals surface area contributed by atoms with Crippen LogP contribution in [0.25, 0.3) is 0 Å². The zero-order chi connectivity index (χ0) is 16.1. The summed E-state index contributed by atoms with van der Waals surface area (Å²) in [5, 5.41) is 34.4. The maximum Gasteiger partial charge on any atom is 0.299 e. The maximum atomic E-state index is 11.0.